The van der Waals surface area contributed by atoms with Crippen LogP contribution in [0.5, 0.6) is 0 Å². The van der Waals surface area contributed by atoms with E-state index < -0.39 is 6.03 Å². The summed E-state index contributed by atoms with van der Waals surface area (Å²) < 4.78 is 1.69. The summed E-state index contributed by atoms with van der Waals surface area (Å²) in [6.07, 6.45) is 1.95. The zero-order chi connectivity index (χ0) is 12.7. The van der Waals surface area contributed by atoms with E-state index in [0.717, 1.165) is 0 Å². The molecule has 0 spiro atoms. The van der Waals surface area contributed by atoms with Gasteiger partial charge in [-0.2, -0.15) is 0 Å². The van der Waals surface area contributed by atoms with Crippen molar-refractivity contribution >= 4 is 29.2 Å². The molecule has 3 heterocycles. The highest BCUT2D eigenvalue weighted by molar-refractivity contribution is 6.05. The fourth-order valence-corrected chi connectivity index (χ4v) is 1.93. The van der Waals surface area contributed by atoms with E-state index in [4.69, 9.17) is 5.73 Å². The monoisotopic (exact) mass is 245 g/mol. The lowest BCUT2D eigenvalue weighted by Gasteiger charge is -2.24. The van der Waals surface area contributed by atoms with Crippen molar-refractivity contribution in [1.82, 2.24) is 14.7 Å². The van der Waals surface area contributed by atoms with Gasteiger partial charge < -0.3 is 5.73 Å². The highest BCUT2D eigenvalue weighted by Gasteiger charge is 2.26. The summed E-state index contributed by atoms with van der Waals surface area (Å²) in [5.41, 5.74) is 6.47. The van der Waals surface area contributed by atoms with E-state index >= 15 is 0 Å². The zero-order valence-electron chi connectivity index (χ0n) is 9.46. The molecule has 0 bridgehead atoms. The second-order valence-electron chi connectivity index (χ2n) is 4.03. The van der Waals surface area contributed by atoms with Crippen LogP contribution in [0.3, 0.4) is 0 Å². The first-order valence-corrected chi connectivity index (χ1v) is 5.50. The molecule has 92 valence electrons. The van der Waals surface area contributed by atoms with Crippen LogP contribution in [0.1, 0.15) is 6.42 Å². The van der Waals surface area contributed by atoms with Crippen molar-refractivity contribution in [3.63, 3.8) is 0 Å². The quantitative estimate of drug-likeness (QED) is 0.758. The van der Waals surface area contributed by atoms with Crippen molar-refractivity contribution < 1.29 is 9.59 Å². The Morgan fingerprint density at radius 3 is 2.89 bits per heavy atom. The number of pyridine rings is 1. The van der Waals surface area contributed by atoms with Gasteiger partial charge in [-0.15, -0.1) is 0 Å². The van der Waals surface area contributed by atoms with E-state index in [2.05, 4.69) is 10.3 Å². The molecule has 0 aliphatic carbocycles. The normalized spacial score (nSPS) is 16.1. The number of imidazole rings is 1. The predicted molar refractivity (Wildman–Crippen MR) is 65.1 cm³/mol. The average Bonchev–Trinajstić information content (AvgIpc) is 2.74. The summed E-state index contributed by atoms with van der Waals surface area (Å²) in [7, 11) is 0. The lowest BCUT2D eigenvalue weighted by atomic mass is 10.3. The Balaban J connectivity index is 2.02. The highest BCUT2D eigenvalue weighted by atomic mass is 16.2. The Hall–Kier alpha value is -2.57. The first-order valence-electron chi connectivity index (χ1n) is 5.50. The van der Waals surface area contributed by atoms with Crippen molar-refractivity contribution in [2.45, 2.75) is 6.42 Å². The molecule has 2 aromatic rings. The number of anilines is 2. The smallest absolute Gasteiger partial charge is 0.329 e. The molecule has 1 saturated heterocycles. The van der Waals surface area contributed by atoms with Crippen LogP contribution in [0.2, 0.25) is 0 Å². The third kappa shape index (κ3) is 1.56. The van der Waals surface area contributed by atoms with Gasteiger partial charge in [0.15, 0.2) is 5.82 Å². The number of amides is 3. The standard InChI is InChI=1S/C11H11N5O2/c12-7-2-1-3-8-13-9(6-16(7)8)15-5-4-10(17)14-11(15)18/h1-3,6H,4-5,12H2,(H,14,17,18). The number of imide groups is 1. The van der Waals surface area contributed by atoms with E-state index in [1.54, 1.807) is 28.8 Å². The fraction of sp³-hybridized carbons (Fsp3) is 0.182. The Morgan fingerprint density at radius 2 is 2.17 bits per heavy atom. The number of fused-ring (bicyclic) bond motifs is 1. The highest BCUT2D eigenvalue weighted by Crippen LogP contribution is 2.19. The van der Waals surface area contributed by atoms with Crippen LogP contribution in [-0.2, 0) is 4.79 Å². The number of nitrogens with two attached hydrogens (primary N) is 1. The molecule has 1 aliphatic heterocycles. The first kappa shape index (κ1) is 10.6. The van der Waals surface area contributed by atoms with Crippen molar-refractivity contribution in [2.75, 3.05) is 17.2 Å². The molecule has 0 saturated carbocycles. The van der Waals surface area contributed by atoms with Gasteiger partial charge in [0.2, 0.25) is 5.91 Å². The van der Waals surface area contributed by atoms with Gasteiger partial charge >= 0.3 is 6.03 Å². The van der Waals surface area contributed by atoms with Gasteiger partial charge in [0.25, 0.3) is 0 Å². The van der Waals surface area contributed by atoms with Crippen molar-refractivity contribution in [2.24, 2.45) is 0 Å². The minimum absolute atomic E-state index is 0.264. The minimum Gasteiger partial charge on any atom is -0.385 e. The van der Waals surface area contributed by atoms with Gasteiger partial charge in [-0.05, 0) is 12.1 Å². The number of hydrogen-bond donors (Lipinski definition) is 2. The Morgan fingerprint density at radius 1 is 1.33 bits per heavy atom. The molecule has 7 nitrogen and oxygen atoms in total. The summed E-state index contributed by atoms with van der Waals surface area (Å²) in [4.78, 5) is 28.5. The molecular weight excluding hydrogens is 234 g/mol. The van der Waals surface area contributed by atoms with Gasteiger partial charge in [-0.1, -0.05) is 6.07 Å². The molecule has 0 radical (unpaired) electrons. The topological polar surface area (TPSA) is 92.7 Å². The second-order valence-corrected chi connectivity index (χ2v) is 4.03. The number of carbonyl (C=O) groups excluding carboxylic acids is 2. The van der Waals surface area contributed by atoms with E-state index in [1.807, 2.05) is 0 Å². The van der Waals surface area contributed by atoms with Crippen LogP contribution in [0, 0.1) is 0 Å². The fourth-order valence-electron chi connectivity index (χ4n) is 1.93. The second kappa shape index (κ2) is 3.73. The molecule has 7 heteroatoms. The predicted octanol–water partition coefficient (Wildman–Crippen LogP) is 0.363. The number of nitrogens with one attached hydrogen (secondary N) is 1. The molecule has 0 unspecified atom stereocenters. The molecule has 0 aromatic carbocycles. The van der Waals surface area contributed by atoms with Crippen molar-refractivity contribution in [3.8, 4) is 0 Å². The maximum absolute atomic E-state index is 11.7. The Bertz CT molecular complexity index is 648. The molecule has 3 rings (SSSR count). The molecule has 3 N–H and O–H groups in total. The van der Waals surface area contributed by atoms with E-state index in [-0.39, 0.29) is 12.3 Å². The zero-order valence-corrected chi connectivity index (χ0v) is 9.46. The number of carbonyl (C=O) groups is 2. The van der Waals surface area contributed by atoms with E-state index in [9.17, 15) is 9.59 Å². The molecular formula is C11H11N5O2. The average molecular weight is 245 g/mol. The Labute approximate surface area is 102 Å². The molecule has 2 aromatic heterocycles. The van der Waals surface area contributed by atoms with Crippen LogP contribution in [0.4, 0.5) is 16.4 Å². The number of urea groups is 1. The molecule has 3 amide bonds. The first-order chi connectivity index (χ1) is 8.65. The largest absolute Gasteiger partial charge is 0.385 e. The minimum atomic E-state index is -0.451. The number of aromatic nitrogens is 2. The summed E-state index contributed by atoms with van der Waals surface area (Å²) in [6, 6.07) is 4.89. The van der Waals surface area contributed by atoms with Gasteiger partial charge in [0.1, 0.15) is 11.5 Å². The summed E-state index contributed by atoms with van der Waals surface area (Å²) >= 11 is 0. The molecule has 0 atom stereocenters. The summed E-state index contributed by atoms with van der Waals surface area (Å²) in [5.74, 6) is 0.761. The molecule has 1 aliphatic rings. The number of nitrogen functional groups attached to an aromatic ring is 1. The van der Waals surface area contributed by atoms with Crippen molar-refractivity contribution in [3.05, 3.63) is 24.4 Å². The third-order valence-corrected chi connectivity index (χ3v) is 2.84. The SMILES string of the molecule is Nc1cccc2nc(N3CCC(=O)NC3=O)cn12. The maximum atomic E-state index is 11.7. The van der Waals surface area contributed by atoms with Gasteiger partial charge in [-0.25, -0.2) is 9.78 Å². The number of hydrogen-bond acceptors (Lipinski definition) is 4. The van der Waals surface area contributed by atoms with Gasteiger partial charge in [-0.3, -0.25) is 19.4 Å². The summed E-state index contributed by atoms with van der Waals surface area (Å²) in [6.45, 7) is 0.328. The van der Waals surface area contributed by atoms with Gasteiger partial charge in [0, 0.05) is 13.0 Å². The maximum Gasteiger partial charge on any atom is 0.329 e. The van der Waals surface area contributed by atoms with E-state index in [1.165, 1.54) is 4.90 Å². The van der Waals surface area contributed by atoms with Crippen LogP contribution < -0.4 is 16.0 Å². The van der Waals surface area contributed by atoms with Gasteiger partial charge in [0.05, 0.1) is 6.20 Å². The van der Waals surface area contributed by atoms with Crippen LogP contribution in [-0.4, -0.2) is 27.9 Å². The lowest BCUT2D eigenvalue weighted by molar-refractivity contribution is -0.120. The third-order valence-electron chi connectivity index (χ3n) is 2.84. The number of rotatable bonds is 1. The van der Waals surface area contributed by atoms with Crippen molar-refractivity contribution in [1.29, 1.82) is 0 Å². The Kier molecular flexibility index (Phi) is 2.19. The lowest BCUT2D eigenvalue weighted by Crippen LogP contribution is -2.49. The number of nitrogens with zero attached hydrogens (tertiary/aromatic N) is 3. The van der Waals surface area contributed by atoms with E-state index in [0.29, 0.717) is 23.8 Å². The molecule has 18 heavy (non-hydrogen) atoms. The molecule has 1 fully saturated rings. The van der Waals surface area contributed by atoms with Crippen LogP contribution in [0.15, 0.2) is 24.4 Å². The van der Waals surface area contributed by atoms with Crippen LogP contribution in [0.25, 0.3) is 5.65 Å². The van der Waals surface area contributed by atoms with Crippen LogP contribution >= 0.6 is 0 Å². The summed E-state index contributed by atoms with van der Waals surface area (Å²) in [5, 5.41) is 2.25.